The first-order valence-corrected chi connectivity index (χ1v) is 23.1. The van der Waals surface area contributed by atoms with Crippen LogP contribution >= 0.6 is 11.3 Å². The van der Waals surface area contributed by atoms with E-state index in [9.17, 15) is 24.0 Å². The minimum atomic E-state index is -3.33. The molecule has 5 aliphatic rings. The van der Waals surface area contributed by atoms with E-state index in [-0.39, 0.29) is 67.2 Å². The van der Waals surface area contributed by atoms with E-state index in [2.05, 4.69) is 25.5 Å². The van der Waals surface area contributed by atoms with Gasteiger partial charge in [-0.3, -0.25) is 39.5 Å². The topological polar surface area (TPSA) is 162 Å². The van der Waals surface area contributed by atoms with Gasteiger partial charge in [-0.05, 0) is 72.8 Å². The van der Waals surface area contributed by atoms with E-state index in [0.29, 0.717) is 54.6 Å². The molecule has 3 fully saturated rings. The van der Waals surface area contributed by atoms with Gasteiger partial charge in [0.15, 0.2) is 17.3 Å². The molecule has 3 saturated heterocycles. The molecule has 0 bridgehead atoms. The lowest BCUT2D eigenvalue weighted by atomic mass is 9.85. The number of rotatable bonds is 11. The Morgan fingerprint density at radius 1 is 0.910 bits per heavy atom. The molecule has 3 atom stereocenters. The summed E-state index contributed by atoms with van der Waals surface area (Å²) in [6.45, 7) is 1.59. The summed E-state index contributed by atoms with van der Waals surface area (Å²) in [4.78, 5) is 80.1. The average Bonchev–Trinajstić information content (AvgIpc) is 4.13. The van der Waals surface area contributed by atoms with Crippen molar-refractivity contribution in [2.75, 3.05) is 56.0 Å². The molecule has 5 amide bonds. The number of likely N-dealkylation sites (tertiary alicyclic amines) is 1. The summed E-state index contributed by atoms with van der Waals surface area (Å²) in [6, 6.07) is 13.0. The van der Waals surface area contributed by atoms with Crippen LogP contribution in [0.2, 0.25) is 0 Å². The van der Waals surface area contributed by atoms with Crippen molar-refractivity contribution >= 4 is 51.7 Å². The molecule has 5 aromatic rings. The monoisotopic (exact) mass is 939 g/mol. The Labute approximate surface area is 385 Å². The van der Waals surface area contributed by atoms with Gasteiger partial charge in [0.2, 0.25) is 11.8 Å². The number of imide groups is 1. The van der Waals surface area contributed by atoms with Crippen LogP contribution in [0.15, 0.2) is 72.5 Å². The molecular weight excluding hydrogens is 895 g/mol. The van der Waals surface area contributed by atoms with Gasteiger partial charge in [-0.15, -0.1) is 11.3 Å². The van der Waals surface area contributed by atoms with Gasteiger partial charge in [0.1, 0.15) is 17.4 Å². The van der Waals surface area contributed by atoms with Crippen LogP contribution in [0.3, 0.4) is 0 Å². The number of ether oxygens (including phenoxy) is 1. The molecule has 67 heavy (non-hydrogen) atoms. The Bertz CT molecular complexity index is 2760. The number of halogens is 4. The van der Waals surface area contributed by atoms with Crippen molar-refractivity contribution in [1.82, 2.24) is 34.6 Å². The molecule has 0 radical (unpaired) electrons. The van der Waals surface area contributed by atoms with Gasteiger partial charge in [0.25, 0.3) is 23.6 Å². The molecular formula is C47H45F4N9O6S. The van der Waals surface area contributed by atoms with Crippen LogP contribution in [-0.2, 0) is 38.7 Å². The lowest BCUT2D eigenvalue weighted by Crippen LogP contribution is -2.54. The van der Waals surface area contributed by atoms with Crippen molar-refractivity contribution in [3.63, 3.8) is 0 Å². The van der Waals surface area contributed by atoms with Gasteiger partial charge >= 0.3 is 0 Å². The zero-order valence-electron chi connectivity index (χ0n) is 36.1. The van der Waals surface area contributed by atoms with Crippen LogP contribution in [0.5, 0.6) is 5.75 Å². The fourth-order valence-corrected chi connectivity index (χ4v) is 10.4. The number of piperazine rings is 1. The number of hydrogen-bond donors (Lipinski definition) is 2. The van der Waals surface area contributed by atoms with E-state index >= 15 is 17.6 Å². The fraction of sp³-hybridized carbons (Fsp3) is 0.383. The second-order valence-electron chi connectivity index (χ2n) is 17.5. The minimum Gasteiger partial charge on any atom is -0.480 e. The largest absolute Gasteiger partial charge is 0.480 e. The molecule has 2 N–H and O–H groups in total. The Morgan fingerprint density at radius 2 is 1.72 bits per heavy atom. The third-order valence-electron chi connectivity index (χ3n) is 13.3. The Morgan fingerprint density at radius 3 is 2.45 bits per heavy atom. The number of carbonyl (C=O) groups excluding carboxylic acids is 5. The van der Waals surface area contributed by atoms with Gasteiger partial charge in [-0.25, -0.2) is 27.5 Å². The number of hydrogen-bond acceptors (Lipinski definition) is 11. The highest BCUT2D eigenvalue weighted by atomic mass is 32.1. The van der Waals surface area contributed by atoms with Gasteiger partial charge < -0.3 is 24.0 Å². The third-order valence-corrected chi connectivity index (χ3v) is 14.0. The third kappa shape index (κ3) is 8.74. The van der Waals surface area contributed by atoms with E-state index in [1.807, 2.05) is 28.8 Å². The predicted molar refractivity (Wildman–Crippen MR) is 236 cm³/mol. The molecule has 3 unspecified atom stereocenters. The fourth-order valence-electron chi connectivity index (χ4n) is 9.88. The smallest absolute Gasteiger partial charge is 0.267 e. The number of fused-ring (bicyclic) bond motifs is 2. The van der Waals surface area contributed by atoms with Crippen LogP contribution in [0.1, 0.15) is 70.5 Å². The molecule has 348 valence electrons. The van der Waals surface area contributed by atoms with Gasteiger partial charge in [-0.2, -0.15) is 0 Å². The summed E-state index contributed by atoms with van der Waals surface area (Å²) in [7, 11) is 0. The molecule has 15 nitrogen and oxygen atoms in total. The summed E-state index contributed by atoms with van der Waals surface area (Å²) in [5.41, 5.74) is 3.59. The molecule has 0 aliphatic carbocycles. The van der Waals surface area contributed by atoms with E-state index in [1.165, 1.54) is 39.3 Å². The summed E-state index contributed by atoms with van der Waals surface area (Å²) in [5.74, 6) is -8.51. The zero-order valence-corrected chi connectivity index (χ0v) is 36.9. The number of amides is 5. The van der Waals surface area contributed by atoms with Crippen molar-refractivity contribution < 1.29 is 46.3 Å². The SMILES string of the molecule is O=C1CCC(Oc2ccc(C3CCN(CC(=O)N4CCN(c5ccc(-c6cc(F)c7c(c6)C(=O)N(C(C(=O)Nc6nccs6)c6ncn8c6CCC8)C7)cc5)CC4)CC3(F)F)c(F)c2)C(=O)N1. The molecule has 0 saturated carbocycles. The van der Waals surface area contributed by atoms with Crippen molar-refractivity contribution in [2.45, 2.75) is 69.2 Å². The van der Waals surface area contributed by atoms with Crippen LogP contribution in [0.25, 0.3) is 11.1 Å². The second-order valence-corrected chi connectivity index (χ2v) is 18.4. The summed E-state index contributed by atoms with van der Waals surface area (Å²) < 4.78 is 69.9. The molecule has 5 aliphatic heterocycles. The maximum absolute atomic E-state index is 15.9. The number of piperidine rings is 2. The molecule has 10 rings (SSSR count). The first-order valence-electron chi connectivity index (χ1n) is 22.2. The van der Waals surface area contributed by atoms with Gasteiger partial charge in [-0.1, -0.05) is 18.2 Å². The lowest BCUT2D eigenvalue weighted by Gasteiger charge is -2.40. The van der Waals surface area contributed by atoms with Crippen molar-refractivity contribution in [3.05, 3.63) is 112 Å². The number of carbonyl (C=O) groups is 5. The van der Waals surface area contributed by atoms with E-state index < -0.39 is 65.8 Å². The number of benzene rings is 3. The first kappa shape index (κ1) is 44.2. The lowest BCUT2D eigenvalue weighted by molar-refractivity contribution is -0.139. The Kier molecular flexibility index (Phi) is 11.8. The Hall–Kier alpha value is -6.67. The van der Waals surface area contributed by atoms with Crippen molar-refractivity contribution in [3.8, 4) is 16.9 Å². The number of alkyl halides is 2. The van der Waals surface area contributed by atoms with Gasteiger partial charge in [0, 0.05) is 85.7 Å². The second kappa shape index (κ2) is 17.9. The maximum atomic E-state index is 15.9. The maximum Gasteiger partial charge on any atom is 0.267 e. The number of nitrogens with zero attached hydrogens (tertiary/aromatic N) is 7. The van der Waals surface area contributed by atoms with Gasteiger partial charge in [0.05, 0.1) is 37.6 Å². The molecule has 0 spiro atoms. The van der Waals surface area contributed by atoms with E-state index in [1.54, 1.807) is 28.9 Å². The number of aromatic nitrogens is 3. The highest BCUT2D eigenvalue weighted by Crippen LogP contribution is 2.43. The number of thiazole rings is 1. The van der Waals surface area contributed by atoms with Crippen LogP contribution in [-0.4, -0.2) is 117 Å². The van der Waals surface area contributed by atoms with Crippen LogP contribution in [0, 0.1) is 11.6 Å². The van der Waals surface area contributed by atoms with Crippen molar-refractivity contribution in [2.24, 2.45) is 0 Å². The highest BCUT2D eigenvalue weighted by Gasteiger charge is 2.47. The van der Waals surface area contributed by atoms with Crippen LogP contribution < -0.4 is 20.3 Å². The zero-order chi connectivity index (χ0) is 46.6. The minimum absolute atomic E-state index is 0.00570. The molecule has 20 heteroatoms. The normalized spacial score (nSPS) is 21.0. The summed E-state index contributed by atoms with van der Waals surface area (Å²) in [6.07, 6.45) is 3.96. The highest BCUT2D eigenvalue weighted by molar-refractivity contribution is 7.13. The Balaban J connectivity index is 0.740. The first-order chi connectivity index (χ1) is 32.3. The average molecular weight is 940 g/mol. The number of aryl methyl sites for hydroxylation is 1. The van der Waals surface area contributed by atoms with E-state index in [4.69, 9.17) is 4.74 Å². The molecule has 2 aromatic heterocycles. The number of anilines is 2. The quantitative estimate of drug-likeness (QED) is 0.127. The summed E-state index contributed by atoms with van der Waals surface area (Å²) >= 11 is 1.25. The standard InChI is InChI=1S/C47H45F4N9O6S/c48-35-21-28(20-32-33(35)23-60(45(32)65)42(44(64)55-46-52-12-19-67-46)41-37-2-1-13-59(37)26-53-41)27-3-5-29(6-4-27)57-15-17-58(18-16-57)40(62)24-56-14-11-34(47(50,51)25-56)31-8-7-30(22-36(31)49)66-38-9-10-39(61)54-43(38)63/h3-8,12,19-22,26,34,38,42H,1-2,9-11,13-18,23-25H2,(H,52,55,64)(H,54,61,63). The van der Waals surface area contributed by atoms with Crippen LogP contribution in [0.4, 0.5) is 28.4 Å². The number of nitrogens with one attached hydrogen (secondary N) is 2. The summed E-state index contributed by atoms with van der Waals surface area (Å²) in [5, 5.41) is 7.08. The molecule has 7 heterocycles. The van der Waals surface area contributed by atoms with E-state index in [0.717, 1.165) is 30.4 Å². The van der Waals surface area contributed by atoms with Crippen molar-refractivity contribution in [1.29, 1.82) is 0 Å². The number of imidazole rings is 1. The predicted octanol–water partition coefficient (Wildman–Crippen LogP) is 5.52. The molecule has 3 aromatic carbocycles.